The first-order valence-electron chi connectivity index (χ1n) is 13.9. The molecule has 3 nitrogen and oxygen atoms in total. The van der Waals surface area contributed by atoms with Gasteiger partial charge in [-0.2, -0.15) is 0 Å². The highest BCUT2D eigenvalue weighted by Crippen LogP contribution is 2.43. The van der Waals surface area contributed by atoms with Crippen molar-refractivity contribution < 1.29 is 14.2 Å². The topological polar surface area (TPSA) is 27.7 Å². The molecular weight excluding hydrogens is 444 g/mol. The van der Waals surface area contributed by atoms with E-state index in [0.717, 1.165) is 12.2 Å². The van der Waals surface area contributed by atoms with Crippen LogP contribution in [-0.4, -0.2) is 19.5 Å². The van der Waals surface area contributed by atoms with E-state index in [1.807, 2.05) is 13.0 Å². The first kappa shape index (κ1) is 30.2. The van der Waals surface area contributed by atoms with E-state index in [0.29, 0.717) is 30.8 Å². The van der Waals surface area contributed by atoms with Crippen molar-refractivity contribution in [1.29, 1.82) is 0 Å². The molecule has 1 aromatic carbocycles. The van der Waals surface area contributed by atoms with E-state index < -0.39 is 0 Å². The highest BCUT2D eigenvalue weighted by atomic mass is 16.7. The van der Waals surface area contributed by atoms with Crippen LogP contribution in [0.15, 0.2) is 60.4 Å². The maximum Gasteiger partial charge on any atom is 0.197 e. The standard InChI is InChI=1S/C33H52O3/c1-10-27(28-14-12-11-13-15-28)17-16-25(2)34-22-23-35-26(3)36-30-20-18-29(19-21-30)31(33(7,8)9)24-32(4,5)6/h10,16-21,26,28,31H,2,11-15,22-24H2,1,3-9H3. The van der Waals surface area contributed by atoms with Gasteiger partial charge in [0.25, 0.3) is 0 Å². The summed E-state index contributed by atoms with van der Waals surface area (Å²) in [5.41, 5.74) is 3.25. The van der Waals surface area contributed by atoms with Gasteiger partial charge in [-0.3, -0.25) is 0 Å². The van der Waals surface area contributed by atoms with Gasteiger partial charge in [0, 0.05) is 0 Å². The molecule has 0 N–H and O–H groups in total. The molecule has 36 heavy (non-hydrogen) atoms. The predicted octanol–water partition coefficient (Wildman–Crippen LogP) is 9.61. The highest BCUT2D eigenvalue weighted by molar-refractivity contribution is 5.31. The van der Waals surface area contributed by atoms with E-state index in [1.54, 1.807) is 0 Å². The molecule has 1 aliphatic rings. The summed E-state index contributed by atoms with van der Waals surface area (Å²) in [5, 5.41) is 0. The van der Waals surface area contributed by atoms with E-state index in [2.05, 4.69) is 91.5 Å². The van der Waals surface area contributed by atoms with E-state index in [4.69, 9.17) is 14.2 Å². The fourth-order valence-corrected chi connectivity index (χ4v) is 5.07. The number of ether oxygens (including phenoxy) is 3. The van der Waals surface area contributed by atoms with E-state index in [1.165, 1.54) is 43.2 Å². The lowest BCUT2D eigenvalue weighted by Gasteiger charge is -2.36. The quantitative estimate of drug-likeness (QED) is 0.125. The molecule has 0 bridgehead atoms. The molecule has 0 heterocycles. The third-order valence-corrected chi connectivity index (χ3v) is 7.04. The summed E-state index contributed by atoms with van der Waals surface area (Å²) in [6.07, 6.45) is 13.8. The molecule has 1 aliphatic carbocycles. The van der Waals surface area contributed by atoms with Crippen LogP contribution in [0.25, 0.3) is 0 Å². The molecule has 2 rings (SSSR count). The van der Waals surface area contributed by atoms with Crippen molar-refractivity contribution in [2.75, 3.05) is 13.2 Å². The van der Waals surface area contributed by atoms with Crippen molar-refractivity contribution in [3.05, 3.63) is 66.0 Å². The Morgan fingerprint density at radius 3 is 2.17 bits per heavy atom. The van der Waals surface area contributed by atoms with Crippen LogP contribution in [0, 0.1) is 16.7 Å². The second-order valence-corrected chi connectivity index (χ2v) is 12.6. The van der Waals surface area contributed by atoms with Gasteiger partial charge in [-0.1, -0.05) is 91.7 Å². The summed E-state index contributed by atoms with van der Waals surface area (Å²) in [5.74, 6) is 2.67. The van der Waals surface area contributed by atoms with Crippen molar-refractivity contribution in [3.63, 3.8) is 0 Å². The van der Waals surface area contributed by atoms with Gasteiger partial charge >= 0.3 is 0 Å². The first-order chi connectivity index (χ1) is 16.9. The molecule has 2 atom stereocenters. The summed E-state index contributed by atoms with van der Waals surface area (Å²) >= 11 is 0. The van der Waals surface area contributed by atoms with Crippen molar-refractivity contribution in [1.82, 2.24) is 0 Å². The number of hydrogen-bond donors (Lipinski definition) is 0. The fraction of sp³-hybridized carbons (Fsp3) is 0.636. The molecule has 0 aromatic heterocycles. The van der Waals surface area contributed by atoms with Crippen molar-refractivity contribution in [2.45, 2.75) is 106 Å². The number of allylic oxidation sites excluding steroid dienone is 4. The Bertz CT molecular complexity index is 842. The summed E-state index contributed by atoms with van der Waals surface area (Å²) < 4.78 is 17.5. The summed E-state index contributed by atoms with van der Waals surface area (Å²) in [6.45, 7) is 22.9. The average Bonchev–Trinajstić information content (AvgIpc) is 2.81. The molecule has 0 spiro atoms. The molecule has 0 saturated heterocycles. The maximum absolute atomic E-state index is 5.98. The van der Waals surface area contributed by atoms with Crippen LogP contribution in [-0.2, 0) is 9.47 Å². The third-order valence-electron chi connectivity index (χ3n) is 7.04. The molecule has 2 unspecified atom stereocenters. The SMILES string of the molecule is C=C(C=CC(=CC)C1CCCCC1)OCCOC(C)Oc1ccc(C(CC(C)(C)C)C(C)(C)C)cc1. The Morgan fingerprint density at radius 2 is 1.61 bits per heavy atom. The molecular formula is C33H52O3. The molecule has 0 amide bonds. The third kappa shape index (κ3) is 10.9. The average molecular weight is 497 g/mol. The molecule has 1 fully saturated rings. The van der Waals surface area contributed by atoms with E-state index in [9.17, 15) is 0 Å². The Hall–Kier alpha value is -2.00. The second-order valence-electron chi connectivity index (χ2n) is 12.6. The fourth-order valence-electron chi connectivity index (χ4n) is 5.07. The molecule has 202 valence electrons. The Labute approximate surface area is 222 Å². The van der Waals surface area contributed by atoms with Gasteiger partial charge in [0.15, 0.2) is 6.29 Å². The van der Waals surface area contributed by atoms with Gasteiger partial charge in [-0.05, 0) is 85.1 Å². The Kier molecular flexibility index (Phi) is 11.8. The zero-order chi connectivity index (χ0) is 26.8. The predicted molar refractivity (Wildman–Crippen MR) is 153 cm³/mol. The summed E-state index contributed by atoms with van der Waals surface area (Å²) in [4.78, 5) is 0. The maximum atomic E-state index is 5.98. The smallest absolute Gasteiger partial charge is 0.197 e. The minimum Gasteiger partial charge on any atom is -0.492 e. The Balaban J connectivity index is 1.76. The summed E-state index contributed by atoms with van der Waals surface area (Å²) in [6, 6.07) is 8.53. The van der Waals surface area contributed by atoms with Crippen LogP contribution in [0.1, 0.15) is 105 Å². The molecule has 1 aromatic rings. The molecule has 1 saturated carbocycles. The van der Waals surface area contributed by atoms with Crippen LogP contribution >= 0.6 is 0 Å². The van der Waals surface area contributed by atoms with Gasteiger partial charge in [0.05, 0.1) is 6.61 Å². The first-order valence-corrected chi connectivity index (χ1v) is 13.9. The lowest BCUT2D eigenvalue weighted by atomic mass is 9.69. The summed E-state index contributed by atoms with van der Waals surface area (Å²) in [7, 11) is 0. The van der Waals surface area contributed by atoms with Gasteiger partial charge in [-0.25, -0.2) is 0 Å². The number of rotatable bonds is 12. The lowest BCUT2D eigenvalue weighted by Crippen LogP contribution is -2.24. The van der Waals surface area contributed by atoms with Gasteiger partial charge < -0.3 is 14.2 Å². The highest BCUT2D eigenvalue weighted by Gasteiger charge is 2.30. The van der Waals surface area contributed by atoms with Crippen LogP contribution in [0.3, 0.4) is 0 Å². The molecule has 3 heteroatoms. The van der Waals surface area contributed by atoms with Crippen molar-refractivity contribution >= 4 is 0 Å². The Morgan fingerprint density at radius 1 is 0.972 bits per heavy atom. The van der Waals surface area contributed by atoms with Gasteiger partial charge in [0.2, 0.25) is 0 Å². The zero-order valence-electron chi connectivity index (χ0n) is 24.4. The number of hydrogen-bond acceptors (Lipinski definition) is 3. The van der Waals surface area contributed by atoms with Crippen LogP contribution < -0.4 is 4.74 Å². The minimum atomic E-state index is -0.350. The van der Waals surface area contributed by atoms with Crippen LogP contribution in [0.4, 0.5) is 0 Å². The van der Waals surface area contributed by atoms with Gasteiger partial charge in [0.1, 0.15) is 18.1 Å². The van der Waals surface area contributed by atoms with E-state index in [-0.39, 0.29) is 17.1 Å². The number of benzene rings is 1. The largest absolute Gasteiger partial charge is 0.492 e. The minimum absolute atomic E-state index is 0.204. The van der Waals surface area contributed by atoms with Crippen LogP contribution in [0.2, 0.25) is 0 Å². The van der Waals surface area contributed by atoms with Crippen molar-refractivity contribution in [2.24, 2.45) is 16.7 Å². The second kappa shape index (κ2) is 14.1. The van der Waals surface area contributed by atoms with E-state index >= 15 is 0 Å². The van der Waals surface area contributed by atoms with Crippen LogP contribution in [0.5, 0.6) is 5.75 Å². The molecule has 0 radical (unpaired) electrons. The monoisotopic (exact) mass is 496 g/mol. The van der Waals surface area contributed by atoms with Gasteiger partial charge in [-0.15, -0.1) is 0 Å². The zero-order valence-corrected chi connectivity index (χ0v) is 24.4. The van der Waals surface area contributed by atoms with Crippen molar-refractivity contribution in [3.8, 4) is 5.75 Å². The molecule has 0 aliphatic heterocycles. The lowest BCUT2D eigenvalue weighted by molar-refractivity contribution is -0.0780. The normalized spacial score (nSPS) is 17.7.